The number of carbonyl (C=O) groups excluding carboxylic acids is 1. The summed E-state index contributed by atoms with van der Waals surface area (Å²) in [6.07, 6.45) is 5.81. The molecule has 1 rings (SSSR count). The second kappa shape index (κ2) is 7.87. The van der Waals surface area contributed by atoms with E-state index >= 15 is 0 Å². The molecule has 0 aliphatic rings. The number of carbonyl (C=O) groups is 1. The van der Waals surface area contributed by atoms with Gasteiger partial charge in [-0.1, -0.05) is 13.8 Å². The lowest BCUT2D eigenvalue weighted by atomic mass is 10.3. The van der Waals surface area contributed by atoms with E-state index in [1.54, 1.807) is 0 Å². The fourth-order valence-corrected chi connectivity index (χ4v) is 1.93. The first-order chi connectivity index (χ1) is 8.71. The minimum Gasteiger partial charge on any atom is -0.468 e. The number of esters is 1. The molecule has 0 amide bonds. The molecule has 1 aromatic rings. The van der Waals surface area contributed by atoms with Crippen molar-refractivity contribution in [2.45, 2.75) is 39.8 Å². The van der Waals surface area contributed by atoms with E-state index in [0.29, 0.717) is 6.54 Å². The monoisotopic (exact) mass is 253 g/mol. The van der Waals surface area contributed by atoms with Gasteiger partial charge >= 0.3 is 5.97 Å². The summed E-state index contributed by atoms with van der Waals surface area (Å²) in [7, 11) is 1.42. The van der Waals surface area contributed by atoms with E-state index in [9.17, 15) is 4.79 Å². The van der Waals surface area contributed by atoms with E-state index in [1.807, 2.05) is 12.5 Å². The first-order valence-electron chi connectivity index (χ1n) is 6.49. The van der Waals surface area contributed by atoms with Gasteiger partial charge in [0.15, 0.2) is 0 Å². The molecule has 0 bridgehead atoms. The molecule has 5 nitrogen and oxygen atoms in total. The van der Waals surface area contributed by atoms with Gasteiger partial charge in [-0.15, -0.1) is 0 Å². The lowest BCUT2D eigenvalue weighted by molar-refractivity contribution is -0.142. The first kappa shape index (κ1) is 14.7. The Balaban J connectivity index is 2.63. The molecular formula is C13H23N3O2. The number of methoxy groups -OCH3 is 1. The maximum Gasteiger partial charge on any atom is 0.319 e. The van der Waals surface area contributed by atoms with Crippen LogP contribution in [-0.4, -0.2) is 40.6 Å². The molecule has 0 unspecified atom stereocenters. The second-order valence-electron chi connectivity index (χ2n) is 4.37. The maximum atomic E-state index is 11.3. The van der Waals surface area contributed by atoms with Gasteiger partial charge in [-0.2, -0.15) is 0 Å². The molecule has 0 saturated heterocycles. The van der Waals surface area contributed by atoms with Crippen molar-refractivity contribution in [3.8, 4) is 0 Å². The summed E-state index contributed by atoms with van der Waals surface area (Å²) in [5.41, 5.74) is 1.15. The van der Waals surface area contributed by atoms with E-state index in [4.69, 9.17) is 4.74 Å². The highest BCUT2D eigenvalue weighted by atomic mass is 16.5. The summed E-state index contributed by atoms with van der Waals surface area (Å²) < 4.78 is 6.86. The van der Waals surface area contributed by atoms with Crippen LogP contribution in [0.2, 0.25) is 0 Å². The van der Waals surface area contributed by atoms with E-state index in [-0.39, 0.29) is 5.97 Å². The van der Waals surface area contributed by atoms with Crippen molar-refractivity contribution in [2.24, 2.45) is 0 Å². The molecule has 0 fully saturated rings. The molecule has 102 valence electrons. The van der Waals surface area contributed by atoms with Gasteiger partial charge in [-0.25, -0.2) is 4.98 Å². The van der Waals surface area contributed by atoms with Crippen LogP contribution < -0.4 is 0 Å². The molecule has 1 aromatic heterocycles. The Morgan fingerprint density at radius 2 is 2.22 bits per heavy atom. The molecule has 0 aromatic carbocycles. The minimum atomic E-state index is -0.190. The standard InChI is InChI=1S/C13H23N3O2/c1-4-6-15(10-13(17)18-3)9-12-8-14-11-16(12)7-5-2/h8,11H,4-7,9-10H2,1-3H3. The third kappa shape index (κ3) is 4.49. The Bertz CT molecular complexity index is 363. The van der Waals surface area contributed by atoms with Crippen LogP contribution >= 0.6 is 0 Å². The first-order valence-corrected chi connectivity index (χ1v) is 6.49. The highest BCUT2D eigenvalue weighted by Gasteiger charge is 2.12. The van der Waals surface area contributed by atoms with Crippen LogP contribution in [0.5, 0.6) is 0 Å². The van der Waals surface area contributed by atoms with E-state index in [1.165, 1.54) is 7.11 Å². The molecule has 0 radical (unpaired) electrons. The SMILES string of the molecule is CCCN(CC(=O)OC)Cc1cncn1CCC. The van der Waals surface area contributed by atoms with Crippen LogP contribution in [-0.2, 0) is 22.6 Å². The van der Waals surface area contributed by atoms with Crippen LogP contribution in [0, 0.1) is 0 Å². The number of rotatable bonds is 8. The molecule has 0 spiro atoms. The van der Waals surface area contributed by atoms with Gasteiger partial charge < -0.3 is 9.30 Å². The molecule has 0 atom stereocenters. The van der Waals surface area contributed by atoms with Gasteiger partial charge in [0.25, 0.3) is 0 Å². The van der Waals surface area contributed by atoms with Crippen molar-refractivity contribution in [1.29, 1.82) is 0 Å². The van der Waals surface area contributed by atoms with E-state index in [2.05, 4.69) is 28.3 Å². The predicted octanol–water partition coefficient (Wildman–Crippen LogP) is 1.68. The van der Waals surface area contributed by atoms with Crippen LogP contribution in [0.4, 0.5) is 0 Å². The molecule has 0 aliphatic heterocycles. The highest BCUT2D eigenvalue weighted by Crippen LogP contribution is 2.06. The summed E-state index contributed by atoms with van der Waals surface area (Å²) >= 11 is 0. The van der Waals surface area contributed by atoms with E-state index in [0.717, 1.165) is 38.2 Å². The van der Waals surface area contributed by atoms with Gasteiger partial charge in [0.05, 0.1) is 25.7 Å². The fraction of sp³-hybridized carbons (Fsp3) is 0.692. The Morgan fingerprint density at radius 3 is 2.83 bits per heavy atom. The largest absolute Gasteiger partial charge is 0.468 e. The minimum absolute atomic E-state index is 0.190. The average Bonchev–Trinajstić information content (AvgIpc) is 2.77. The fourth-order valence-electron chi connectivity index (χ4n) is 1.93. The zero-order valence-electron chi connectivity index (χ0n) is 11.6. The summed E-state index contributed by atoms with van der Waals surface area (Å²) in [5, 5.41) is 0. The van der Waals surface area contributed by atoms with Crippen molar-refractivity contribution in [2.75, 3.05) is 20.2 Å². The van der Waals surface area contributed by atoms with Gasteiger partial charge in [-0.3, -0.25) is 9.69 Å². The number of hydrogen-bond donors (Lipinski definition) is 0. The van der Waals surface area contributed by atoms with Crippen LogP contribution in [0.3, 0.4) is 0 Å². The number of imidazole rings is 1. The van der Waals surface area contributed by atoms with Crippen molar-refractivity contribution in [1.82, 2.24) is 14.5 Å². The Hall–Kier alpha value is -1.36. The Labute approximate surface area is 109 Å². The summed E-state index contributed by atoms with van der Waals surface area (Å²) in [4.78, 5) is 17.6. The zero-order chi connectivity index (χ0) is 13.4. The molecule has 0 saturated carbocycles. The predicted molar refractivity (Wildman–Crippen MR) is 70.1 cm³/mol. The summed E-state index contributed by atoms with van der Waals surface area (Å²) in [6, 6.07) is 0. The molecule has 0 N–H and O–H groups in total. The quantitative estimate of drug-likeness (QED) is 0.661. The molecule has 0 aliphatic carbocycles. The Morgan fingerprint density at radius 1 is 1.44 bits per heavy atom. The number of nitrogens with zero attached hydrogens (tertiary/aromatic N) is 3. The third-order valence-corrected chi connectivity index (χ3v) is 2.77. The van der Waals surface area contributed by atoms with Crippen LogP contribution in [0.1, 0.15) is 32.4 Å². The lowest BCUT2D eigenvalue weighted by Gasteiger charge is -2.20. The molecular weight excluding hydrogens is 230 g/mol. The smallest absolute Gasteiger partial charge is 0.319 e. The highest BCUT2D eigenvalue weighted by molar-refractivity contribution is 5.71. The van der Waals surface area contributed by atoms with Gasteiger partial charge in [0.1, 0.15) is 0 Å². The molecule has 18 heavy (non-hydrogen) atoms. The lowest BCUT2D eigenvalue weighted by Crippen LogP contribution is -2.31. The van der Waals surface area contributed by atoms with Gasteiger partial charge in [0.2, 0.25) is 0 Å². The third-order valence-electron chi connectivity index (χ3n) is 2.77. The summed E-state index contributed by atoms with van der Waals surface area (Å²) in [5.74, 6) is -0.190. The van der Waals surface area contributed by atoms with Crippen molar-refractivity contribution < 1.29 is 9.53 Å². The average molecular weight is 253 g/mol. The van der Waals surface area contributed by atoms with Gasteiger partial charge in [0, 0.05) is 19.3 Å². The second-order valence-corrected chi connectivity index (χ2v) is 4.37. The van der Waals surface area contributed by atoms with Crippen molar-refractivity contribution in [3.05, 3.63) is 18.2 Å². The topological polar surface area (TPSA) is 47.4 Å². The zero-order valence-corrected chi connectivity index (χ0v) is 11.6. The molecule has 1 heterocycles. The normalized spacial score (nSPS) is 10.9. The van der Waals surface area contributed by atoms with E-state index < -0.39 is 0 Å². The maximum absolute atomic E-state index is 11.3. The Kier molecular flexibility index (Phi) is 6.43. The van der Waals surface area contributed by atoms with Crippen molar-refractivity contribution >= 4 is 5.97 Å². The van der Waals surface area contributed by atoms with Crippen LogP contribution in [0.15, 0.2) is 12.5 Å². The number of hydrogen-bond acceptors (Lipinski definition) is 4. The number of aromatic nitrogens is 2. The van der Waals surface area contributed by atoms with Crippen LogP contribution in [0.25, 0.3) is 0 Å². The number of aryl methyl sites for hydroxylation is 1. The van der Waals surface area contributed by atoms with Crippen molar-refractivity contribution in [3.63, 3.8) is 0 Å². The summed E-state index contributed by atoms with van der Waals surface area (Å²) in [6.45, 7) is 7.17. The number of ether oxygens (including phenoxy) is 1. The van der Waals surface area contributed by atoms with Gasteiger partial charge in [-0.05, 0) is 19.4 Å². The molecule has 5 heteroatoms.